The van der Waals surface area contributed by atoms with Gasteiger partial charge in [-0.3, -0.25) is 9.52 Å². The minimum atomic E-state index is -3.86. The molecule has 168 valence electrons. The van der Waals surface area contributed by atoms with Gasteiger partial charge in [-0.2, -0.15) is 0 Å². The minimum absolute atomic E-state index is 0.0723. The van der Waals surface area contributed by atoms with Crippen LogP contribution >= 0.6 is 11.6 Å². The number of methoxy groups -OCH3 is 1. The third-order valence-electron chi connectivity index (χ3n) is 4.50. The number of amides is 1. The predicted molar refractivity (Wildman–Crippen MR) is 124 cm³/mol. The van der Waals surface area contributed by atoms with Crippen molar-refractivity contribution in [2.75, 3.05) is 17.1 Å². The summed E-state index contributed by atoms with van der Waals surface area (Å²) in [5, 5.41) is 7.01. The lowest BCUT2D eigenvalue weighted by molar-refractivity contribution is -0.115. The van der Waals surface area contributed by atoms with Gasteiger partial charge < -0.3 is 14.6 Å². The maximum atomic E-state index is 12.8. The minimum Gasteiger partial charge on any atom is -0.495 e. The summed E-state index contributed by atoms with van der Waals surface area (Å²) >= 11 is 5.97. The third kappa shape index (κ3) is 5.49. The number of sulfonamides is 1. The summed E-state index contributed by atoms with van der Waals surface area (Å²) in [6, 6.07) is 10.9. The number of nitrogens with one attached hydrogen (secondary N) is 2. The molecule has 0 saturated carbocycles. The number of benzene rings is 2. The fourth-order valence-corrected chi connectivity index (χ4v) is 4.01. The summed E-state index contributed by atoms with van der Waals surface area (Å²) in [7, 11) is -2.41. The van der Waals surface area contributed by atoms with Crippen LogP contribution in [0.1, 0.15) is 30.4 Å². The molecule has 0 aliphatic heterocycles. The van der Waals surface area contributed by atoms with Crippen molar-refractivity contribution in [3.05, 3.63) is 64.5 Å². The first-order chi connectivity index (χ1) is 15.2. The molecule has 3 rings (SSSR count). The third-order valence-corrected chi connectivity index (χ3v) is 6.11. The van der Waals surface area contributed by atoms with Gasteiger partial charge >= 0.3 is 0 Å². The first-order valence-electron chi connectivity index (χ1n) is 9.64. The molecule has 32 heavy (non-hydrogen) atoms. The van der Waals surface area contributed by atoms with E-state index in [9.17, 15) is 13.2 Å². The number of anilines is 2. The molecule has 0 bridgehead atoms. The maximum absolute atomic E-state index is 12.8. The van der Waals surface area contributed by atoms with Crippen LogP contribution in [-0.4, -0.2) is 26.6 Å². The van der Waals surface area contributed by atoms with E-state index in [4.69, 9.17) is 20.9 Å². The van der Waals surface area contributed by atoms with Gasteiger partial charge in [-0.15, -0.1) is 0 Å². The number of aromatic nitrogens is 1. The second-order valence-corrected chi connectivity index (χ2v) is 8.88. The van der Waals surface area contributed by atoms with E-state index in [-0.39, 0.29) is 16.5 Å². The zero-order valence-electron chi connectivity index (χ0n) is 17.7. The fraction of sp³-hybridized carbons (Fsp3) is 0.182. The van der Waals surface area contributed by atoms with Gasteiger partial charge in [0.05, 0.1) is 17.7 Å². The second-order valence-electron chi connectivity index (χ2n) is 6.76. The molecule has 0 fully saturated rings. The molecule has 1 aromatic heterocycles. The standard InChI is InChI=1S/C22H22ClN3O5S/c1-4-21(27)24-22-14(2)25-31-20(22)11-7-15-5-9-17(10-6-15)32(28,29)26-18-13-16(23)8-12-19(18)30-3/h5-13,26H,4H2,1-3H3,(H,24,27). The Morgan fingerprint density at radius 3 is 2.56 bits per heavy atom. The van der Waals surface area contributed by atoms with Crippen molar-refractivity contribution in [2.45, 2.75) is 25.2 Å². The van der Waals surface area contributed by atoms with Crippen LogP contribution in [0.25, 0.3) is 12.2 Å². The second kappa shape index (κ2) is 9.88. The highest BCUT2D eigenvalue weighted by molar-refractivity contribution is 7.92. The van der Waals surface area contributed by atoms with Gasteiger partial charge in [0.25, 0.3) is 10.0 Å². The molecule has 0 radical (unpaired) electrons. The Kier molecular flexibility index (Phi) is 7.22. The van der Waals surface area contributed by atoms with Crippen LogP contribution in [0.2, 0.25) is 5.02 Å². The quantitative estimate of drug-likeness (QED) is 0.476. The molecule has 0 spiro atoms. The Labute approximate surface area is 191 Å². The van der Waals surface area contributed by atoms with Gasteiger partial charge in [-0.25, -0.2) is 8.42 Å². The lowest BCUT2D eigenvalue weighted by Crippen LogP contribution is -2.13. The maximum Gasteiger partial charge on any atom is 0.262 e. The van der Waals surface area contributed by atoms with Crippen LogP contribution in [0.3, 0.4) is 0 Å². The molecule has 8 nitrogen and oxygen atoms in total. The number of hydrogen-bond donors (Lipinski definition) is 2. The first kappa shape index (κ1) is 23.4. The molecule has 0 aliphatic rings. The Morgan fingerprint density at radius 2 is 1.91 bits per heavy atom. The number of nitrogens with zero attached hydrogens (tertiary/aromatic N) is 1. The lowest BCUT2D eigenvalue weighted by atomic mass is 10.2. The number of hydrogen-bond acceptors (Lipinski definition) is 6. The molecule has 0 aliphatic carbocycles. The van der Waals surface area contributed by atoms with Crippen LogP contribution in [0.15, 0.2) is 51.9 Å². The summed E-state index contributed by atoms with van der Waals surface area (Å²) in [5.74, 6) is 0.603. The number of carbonyl (C=O) groups excluding carboxylic acids is 1. The molecule has 10 heteroatoms. The first-order valence-corrected chi connectivity index (χ1v) is 11.5. The summed E-state index contributed by atoms with van der Waals surface area (Å²) in [6.45, 7) is 3.48. The van der Waals surface area contributed by atoms with E-state index >= 15 is 0 Å². The number of ether oxygens (including phenoxy) is 1. The van der Waals surface area contributed by atoms with E-state index in [0.29, 0.717) is 34.3 Å². The van der Waals surface area contributed by atoms with Crippen molar-refractivity contribution < 1.29 is 22.5 Å². The average molecular weight is 476 g/mol. The van der Waals surface area contributed by atoms with Crippen molar-refractivity contribution in [2.24, 2.45) is 0 Å². The van der Waals surface area contributed by atoms with Crippen molar-refractivity contribution >= 4 is 51.1 Å². The molecular formula is C22H22ClN3O5S. The number of halogens is 1. The predicted octanol–water partition coefficient (Wildman–Crippen LogP) is 4.96. The van der Waals surface area contributed by atoms with Crippen molar-refractivity contribution in [3.63, 3.8) is 0 Å². The van der Waals surface area contributed by atoms with Gasteiger partial charge in [-0.05, 0) is 48.9 Å². The number of carbonyl (C=O) groups is 1. The van der Waals surface area contributed by atoms with Gasteiger partial charge in [0.15, 0.2) is 5.76 Å². The average Bonchev–Trinajstić information content (AvgIpc) is 3.11. The summed E-state index contributed by atoms with van der Waals surface area (Å²) in [5.41, 5.74) is 2.04. The van der Waals surface area contributed by atoms with Crippen molar-refractivity contribution in [1.29, 1.82) is 0 Å². The Morgan fingerprint density at radius 1 is 1.19 bits per heavy atom. The number of rotatable bonds is 8. The van der Waals surface area contributed by atoms with E-state index in [1.54, 1.807) is 50.3 Å². The molecule has 0 unspecified atom stereocenters. The number of aryl methyl sites for hydroxylation is 1. The lowest BCUT2D eigenvalue weighted by Gasteiger charge is -2.12. The Bertz CT molecular complexity index is 1250. The highest BCUT2D eigenvalue weighted by Gasteiger charge is 2.17. The molecule has 0 atom stereocenters. The highest BCUT2D eigenvalue weighted by Crippen LogP contribution is 2.30. The van der Waals surface area contributed by atoms with Gasteiger partial charge in [0, 0.05) is 11.4 Å². The largest absolute Gasteiger partial charge is 0.495 e. The Hall–Kier alpha value is -3.30. The zero-order chi connectivity index (χ0) is 23.3. The van der Waals surface area contributed by atoms with E-state index in [2.05, 4.69) is 15.2 Å². The van der Waals surface area contributed by atoms with E-state index in [1.165, 1.54) is 25.3 Å². The summed E-state index contributed by atoms with van der Waals surface area (Å²) in [6.07, 6.45) is 3.72. The summed E-state index contributed by atoms with van der Waals surface area (Å²) < 4.78 is 38.4. The van der Waals surface area contributed by atoms with E-state index in [1.807, 2.05) is 0 Å². The Balaban J connectivity index is 1.78. The van der Waals surface area contributed by atoms with Crippen LogP contribution < -0.4 is 14.8 Å². The topological polar surface area (TPSA) is 111 Å². The molecule has 2 N–H and O–H groups in total. The van der Waals surface area contributed by atoms with Crippen LogP contribution in [0.4, 0.5) is 11.4 Å². The molecule has 0 saturated heterocycles. The molecule has 1 heterocycles. The molecule has 3 aromatic rings. The summed E-state index contributed by atoms with van der Waals surface area (Å²) in [4.78, 5) is 11.8. The van der Waals surface area contributed by atoms with Crippen molar-refractivity contribution in [1.82, 2.24) is 5.16 Å². The van der Waals surface area contributed by atoms with Crippen LogP contribution in [-0.2, 0) is 14.8 Å². The van der Waals surface area contributed by atoms with Gasteiger partial charge in [0.1, 0.15) is 17.1 Å². The zero-order valence-corrected chi connectivity index (χ0v) is 19.3. The SMILES string of the molecule is CCC(=O)Nc1c(C)noc1C=Cc1ccc(S(=O)(=O)Nc2cc(Cl)ccc2OC)cc1. The highest BCUT2D eigenvalue weighted by atomic mass is 35.5. The molecule has 2 aromatic carbocycles. The monoisotopic (exact) mass is 475 g/mol. The molecular weight excluding hydrogens is 454 g/mol. The van der Waals surface area contributed by atoms with Crippen LogP contribution in [0.5, 0.6) is 5.75 Å². The van der Waals surface area contributed by atoms with E-state index in [0.717, 1.165) is 5.56 Å². The van der Waals surface area contributed by atoms with E-state index < -0.39 is 10.0 Å². The van der Waals surface area contributed by atoms with Gasteiger partial charge in [0.2, 0.25) is 5.91 Å². The van der Waals surface area contributed by atoms with Gasteiger partial charge in [-0.1, -0.05) is 41.9 Å². The normalized spacial score (nSPS) is 11.5. The van der Waals surface area contributed by atoms with Crippen molar-refractivity contribution in [3.8, 4) is 5.75 Å². The smallest absolute Gasteiger partial charge is 0.262 e. The van der Waals surface area contributed by atoms with Crippen LogP contribution in [0, 0.1) is 6.92 Å². The fourth-order valence-electron chi connectivity index (χ4n) is 2.77. The molecule has 1 amide bonds.